The van der Waals surface area contributed by atoms with Crippen LogP contribution in [0.3, 0.4) is 0 Å². The topological polar surface area (TPSA) is 57.6 Å². The van der Waals surface area contributed by atoms with E-state index in [4.69, 9.17) is 0 Å². The highest BCUT2D eigenvalue weighted by molar-refractivity contribution is 6.01. The minimum absolute atomic E-state index is 0.0805. The Bertz CT molecular complexity index is 1120. The molecular weight excluding hydrogens is 407 g/mol. The van der Waals surface area contributed by atoms with Crippen molar-refractivity contribution in [3.05, 3.63) is 71.7 Å². The third-order valence-electron chi connectivity index (χ3n) is 6.65. The molecule has 2 fully saturated rings. The van der Waals surface area contributed by atoms with Gasteiger partial charge in [0.1, 0.15) is 5.82 Å². The molecule has 32 heavy (non-hydrogen) atoms. The Morgan fingerprint density at radius 3 is 2.44 bits per heavy atom. The number of hydrogen-bond acceptors (Lipinski definition) is 3. The molecule has 2 saturated heterocycles. The summed E-state index contributed by atoms with van der Waals surface area (Å²) in [6.07, 6.45) is 5.24. The van der Waals surface area contributed by atoms with Crippen molar-refractivity contribution in [2.75, 3.05) is 26.2 Å². The Morgan fingerprint density at radius 1 is 0.969 bits per heavy atom. The Balaban J connectivity index is 1.22. The van der Waals surface area contributed by atoms with Gasteiger partial charge in [0.05, 0.1) is 13.1 Å². The van der Waals surface area contributed by atoms with Crippen molar-refractivity contribution in [2.24, 2.45) is 0 Å². The summed E-state index contributed by atoms with van der Waals surface area (Å²) < 4.78 is 15.4. The van der Waals surface area contributed by atoms with E-state index in [-0.39, 0.29) is 24.3 Å². The number of imide groups is 1. The maximum absolute atomic E-state index is 13.1. The number of likely N-dealkylation sites (tertiary alicyclic amines) is 1. The molecule has 1 aromatic heterocycles. The van der Waals surface area contributed by atoms with Crippen LogP contribution in [-0.4, -0.2) is 52.5 Å². The van der Waals surface area contributed by atoms with Crippen LogP contribution in [-0.2, 0) is 17.8 Å². The number of nitrogens with zero attached hydrogens (tertiary/aromatic N) is 3. The first kappa shape index (κ1) is 20.7. The quantitative estimate of drug-likeness (QED) is 0.602. The number of urea groups is 1. The molecule has 3 amide bonds. The molecule has 6 nitrogen and oxygen atoms in total. The fourth-order valence-electron chi connectivity index (χ4n) is 4.77. The summed E-state index contributed by atoms with van der Waals surface area (Å²) in [5.74, 6) is -0.370. The minimum Gasteiger partial charge on any atom is -0.344 e. The van der Waals surface area contributed by atoms with Gasteiger partial charge in [-0.1, -0.05) is 24.3 Å². The van der Waals surface area contributed by atoms with E-state index < -0.39 is 0 Å². The molecule has 2 aliphatic rings. The molecule has 0 bridgehead atoms. The number of piperidine rings is 1. The lowest BCUT2D eigenvalue weighted by Gasteiger charge is -2.33. The second kappa shape index (κ2) is 8.74. The van der Waals surface area contributed by atoms with Gasteiger partial charge in [-0.25, -0.2) is 9.18 Å². The van der Waals surface area contributed by atoms with E-state index in [1.807, 2.05) is 18.2 Å². The monoisotopic (exact) mass is 434 g/mol. The third kappa shape index (κ3) is 4.25. The summed E-state index contributed by atoms with van der Waals surface area (Å²) in [4.78, 5) is 27.5. The largest absolute Gasteiger partial charge is 0.344 e. The maximum Gasteiger partial charge on any atom is 0.324 e. The highest BCUT2D eigenvalue weighted by atomic mass is 19.1. The first-order valence-corrected chi connectivity index (χ1v) is 11.2. The summed E-state index contributed by atoms with van der Waals surface area (Å²) in [6.45, 7) is 3.44. The molecule has 0 atom stereocenters. The molecule has 2 aromatic carbocycles. The number of carbonyl (C=O) groups excluding carboxylic acids is 2. The Labute approximate surface area is 186 Å². The highest BCUT2D eigenvalue weighted by Gasteiger charge is 2.28. The summed E-state index contributed by atoms with van der Waals surface area (Å²) in [5, 5.41) is 3.74. The number of hydrogen-bond donors (Lipinski definition) is 1. The highest BCUT2D eigenvalue weighted by Crippen LogP contribution is 2.29. The molecule has 3 heterocycles. The summed E-state index contributed by atoms with van der Waals surface area (Å²) in [6, 6.07) is 15.2. The molecule has 0 spiro atoms. The van der Waals surface area contributed by atoms with Crippen molar-refractivity contribution in [3.63, 3.8) is 0 Å². The van der Waals surface area contributed by atoms with Gasteiger partial charge in [0, 0.05) is 37.4 Å². The molecule has 1 N–H and O–H groups in total. The van der Waals surface area contributed by atoms with Gasteiger partial charge in [-0.3, -0.25) is 9.69 Å². The summed E-state index contributed by atoms with van der Waals surface area (Å²) in [7, 11) is 0. The van der Waals surface area contributed by atoms with E-state index in [9.17, 15) is 14.0 Å². The Hall–Kier alpha value is -3.19. The lowest BCUT2D eigenvalue weighted by Crippen LogP contribution is -2.35. The Kier molecular flexibility index (Phi) is 5.66. The van der Waals surface area contributed by atoms with E-state index in [1.54, 1.807) is 0 Å². The van der Waals surface area contributed by atoms with Crippen LogP contribution in [0.1, 0.15) is 30.0 Å². The molecule has 0 radical (unpaired) electrons. The fraction of sp³-hybridized carbons (Fsp3) is 0.360. The van der Waals surface area contributed by atoms with Gasteiger partial charge in [-0.15, -0.1) is 0 Å². The number of carbonyl (C=O) groups is 2. The Morgan fingerprint density at radius 2 is 1.72 bits per heavy atom. The number of amides is 3. The van der Waals surface area contributed by atoms with Crippen LogP contribution in [0.2, 0.25) is 0 Å². The van der Waals surface area contributed by atoms with E-state index in [1.165, 1.54) is 28.0 Å². The van der Waals surface area contributed by atoms with Gasteiger partial charge >= 0.3 is 6.03 Å². The van der Waals surface area contributed by atoms with Crippen LogP contribution in [0.15, 0.2) is 54.7 Å². The number of aromatic nitrogens is 1. The number of benzene rings is 2. The third-order valence-corrected chi connectivity index (χ3v) is 6.65. The van der Waals surface area contributed by atoms with E-state index in [0.717, 1.165) is 50.0 Å². The molecule has 0 aliphatic carbocycles. The van der Waals surface area contributed by atoms with E-state index >= 15 is 0 Å². The predicted molar refractivity (Wildman–Crippen MR) is 121 cm³/mol. The zero-order valence-corrected chi connectivity index (χ0v) is 18.0. The van der Waals surface area contributed by atoms with Gasteiger partial charge < -0.3 is 14.8 Å². The van der Waals surface area contributed by atoms with Crippen molar-refractivity contribution in [3.8, 4) is 0 Å². The average Bonchev–Trinajstić information content (AvgIpc) is 3.37. The van der Waals surface area contributed by atoms with Gasteiger partial charge in [-0.05, 0) is 60.0 Å². The molecule has 5 rings (SSSR count). The summed E-state index contributed by atoms with van der Waals surface area (Å²) in [5.41, 5.74) is 3.28. The number of nitrogens with one attached hydrogen (secondary N) is 1. The zero-order chi connectivity index (χ0) is 22.1. The summed E-state index contributed by atoms with van der Waals surface area (Å²) >= 11 is 0. The average molecular weight is 435 g/mol. The van der Waals surface area contributed by atoms with E-state index in [0.29, 0.717) is 12.6 Å². The predicted octanol–water partition coefficient (Wildman–Crippen LogP) is 3.71. The second-order valence-electron chi connectivity index (χ2n) is 8.70. The van der Waals surface area contributed by atoms with Crippen molar-refractivity contribution in [2.45, 2.75) is 31.8 Å². The fourth-order valence-corrected chi connectivity index (χ4v) is 4.77. The molecule has 0 unspecified atom stereocenters. The number of fused-ring (bicyclic) bond motifs is 1. The molecule has 0 saturated carbocycles. The lowest BCUT2D eigenvalue weighted by atomic mass is 10.0. The molecule has 7 heteroatoms. The van der Waals surface area contributed by atoms with Crippen LogP contribution >= 0.6 is 0 Å². The normalized spacial score (nSPS) is 18.0. The van der Waals surface area contributed by atoms with Gasteiger partial charge in [0.15, 0.2) is 0 Å². The standard InChI is InChI=1S/C25H27FN4O2/c26-21-5-2-18(3-6-21)7-11-28-12-9-22(10-13-28)29-14-8-20-4-1-19(15-23(20)29)17-30-24(31)16-27-25(30)32/h1-6,8,14-15,22H,7,9-13,16-17H2,(H,27,32). The van der Waals surface area contributed by atoms with Crippen molar-refractivity contribution in [1.29, 1.82) is 0 Å². The smallest absolute Gasteiger partial charge is 0.324 e. The van der Waals surface area contributed by atoms with Crippen LogP contribution in [0.4, 0.5) is 9.18 Å². The number of rotatable bonds is 6. The first-order chi connectivity index (χ1) is 15.6. The molecule has 166 valence electrons. The minimum atomic E-state index is -0.321. The van der Waals surface area contributed by atoms with Crippen LogP contribution in [0.5, 0.6) is 0 Å². The van der Waals surface area contributed by atoms with Crippen LogP contribution < -0.4 is 5.32 Å². The van der Waals surface area contributed by atoms with Crippen molar-refractivity contribution < 1.29 is 14.0 Å². The molecule has 3 aromatic rings. The van der Waals surface area contributed by atoms with Gasteiger partial charge in [0.25, 0.3) is 0 Å². The number of halogens is 1. The first-order valence-electron chi connectivity index (χ1n) is 11.2. The van der Waals surface area contributed by atoms with Gasteiger partial charge in [0.2, 0.25) is 5.91 Å². The lowest BCUT2D eigenvalue weighted by molar-refractivity contribution is -0.125. The molecule has 2 aliphatic heterocycles. The zero-order valence-electron chi connectivity index (χ0n) is 18.0. The SMILES string of the molecule is O=C1CNC(=O)N1Cc1ccc2ccn(C3CCN(CCc4ccc(F)cc4)CC3)c2c1. The molecular formula is C25H27FN4O2. The van der Waals surface area contributed by atoms with Crippen molar-refractivity contribution >= 4 is 22.8 Å². The second-order valence-corrected chi connectivity index (χ2v) is 8.70. The maximum atomic E-state index is 13.1. The van der Waals surface area contributed by atoms with Crippen LogP contribution in [0, 0.1) is 5.82 Å². The van der Waals surface area contributed by atoms with Crippen molar-refractivity contribution in [1.82, 2.24) is 19.7 Å². The van der Waals surface area contributed by atoms with Gasteiger partial charge in [-0.2, -0.15) is 0 Å². The van der Waals surface area contributed by atoms with E-state index in [2.05, 4.69) is 39.2 Å². The van der Waals surface area contributed by atoms with Crippen LogP contribution in [0.25, 0.3) is 10.9 Å².